The van der Waals surface area contributed by atoms with E-state index in [-0.39, 0.29) is 11.8 Å². The molecule has 0 unspecified atom stereocenters. The zero-order valence-electron chi connectivity index (χ0n) is 24.5. The van der Waals surface area contributed by atoms with Crippen LogP contribution in [0.3, 0.4) is 0 Å². The second-order valence-electron chi connectivity index (χ2n) is 11.7. The summed E-state index contributed by atoms with van der Waals surface area (Å²) >= 11 is 0. The number of fused-ring (bicyclic) bond motifs is 2. The van der Waals surface area contributed by atoms with Gasteiger partial charge in [-0.2, -0.15) is 5.10 Å². The zero-order valence-corrected chi connectivity index (χ0v) is 24.5. The van der Waals surface area contributed by atoms with Crippen molar-refractivity contribution in [3.8, 4) is 11.3 Å². The summed E-state index contributed by atoms with van der Waals surface area (Å²) < 4.78 is 1.79. The number of aromatic amines is 1. The molecule has 0 bridgehead atoms. The molecule has 1 aliphatic heterocycles. The van der Waals surface area contributed by atoms with E-state index in [2.05, 4.69) is 25.7 Å². The topological polar surface area (TPSA) is 121 Å². The predicted molar refractivity (Wildman–Crippen MR) is 167 cm³/mol. The second kappa shape index (κ2) is 9.94. The number of para-hydroxylation sites is 1. The maximum atomic E-state index is 13.7. The first kappa shape index (κ1) is 26.6. The van der Waals surface area contributed by atoms with Gasteiger partial charge in [0.15, 0.2) is 5.82 Å². The maximum absolute atomic E-state index is 13.7. The van der Waals surface area contributed by atoms with Crippen molar-refractivity contribution in [1.82, 2.24) is 24.7 Å². The highest BCUT2D eigenvalue weighted by molar-refractivity contribution is 6.15. The van der Waals surface area contributed by atoms with E-state index < -0.39 is 5.41 Å². The molecule has 1 aliphatic carbocycles. The number of hydrogen-bond acceptors (Lipinski definition) is 6. The molecule has 0 saturated heterocycles. The van der Waals surface area contributed by atoms with Crippen LogP contribution in [-0.4, -0.2) is 36.5 Å². The highest BCUT2D eigenvalue weighted by Crippen LogP contribution is 2.40. The molecule has 3 N–H and O–H groups in total. The first-order valence-corrected chi connectivity index (χ1v) is 14.3. The van der Waals surface area contributed by atoms with E-state index >= 15 is 0 Å². The SMILES string of the molecule is Cc1cnc(Nc2cc(C)n(C)n2)nc1-c1c[nH]c2c(N3Cc4c(NC(=O)C5(C)CC=CC5)cccc4C3=O)cccc12. The van der Waals surface area contributed by atoms with Gasteiger partial charge in [-0.25, -0.2) is 9.97 Å². The largest absolute Gasteiger partial charge is 0.359 e. The summed E-state index contributed by atoms with van der Waals surface area (Å²) in [5.41, 5.74) is 6.88. The Bertz CT molecular complexity index is 1940. The van der Waals surface area contributed by atoms with E-state index in [0.717, 1.165) is 44.7 Å². The molecule has 10 nitrogen and oxygen atoms in total. The Hall–Kier alpha value is -5.25. The van der Waals surface area contributed by atoms with E-state index in [4.69, 9.17) is 4.98 Å². The monoisotopic (exact) mass is 572 g/mol. The van der Waals surface area contributed by atoms with Crippen molar-refractivity contribution in [2.24, 2.45) is 12.5 Å². The van der Waals surface area contributed by atoms with Gasteiger partial charge in [0.05, 0.1) is 28.9 Å². The summed E-state index contributed by atoms with van der Waals surface area (Å²) in [5.74, 6) is 0.998. The van der Waals surface area contributed by atoms with Crippen molar-refractivity contribution >= 4 is 45.9 Å². The Labute approximate surface area is 248 Å². The number of allylic oxidation sites excluding steroid dienone is 2. The summed E-state index contributed by atoms with van der Waals surface area (Å²) in [6.07, 6.45) is 9.24. The lowest BCUT2D eigenvalue weighted by Gasteiger charge is -2.23. The van der Waals surface area contributed by atoms with Crippen molar-refractivity contribution in [2.45, 2.75) is 40.2 Å². The minimum atomic E-state index is -0.470. The fraction of sp³-hybridized carbons (Fsp3) is 0.242. The van der Waals surface area contributed by atoms with Gasteiger partial charge in [-0.05, 0) is 50.5 Å². The Kier molecular flexibility index (Phi) is 6.16. The van der Waals surface area contributed by atoms with Crippen molar-refractivity contribution < 1.29 is 9.59 Å². The third-order valence-corrected chi connectivity index (χ3v) is 8.63. The van der Waals surface area contributed by atoms with Gasteiger partial charge in [-0.15, -0.1) is 0 Å². The molecule has 0 atom stereocenters. The van der Waals surface area contributed by atoms with Gasteiger partial charge in [-0.3, -0.25) is 14.3 Å². The van der Waals surface area contributed by atoms with E-state index in [1.807, 2.05) is 88.6 Å². The van der Waals surface area contributed by atoms with Gasteiger partial charge in [0.1, 0.15) is 0 Å². The standard InChI is InChI=1S/C33H32N8O2/c1-19-16-35-32(37-27-15-20(2)40(4)39-27)38-28(19)23-17-34-29-21(23)9-8-12-26(29)41-18-24-22(30(41)42)10-7-11-25(24)36-31(43)33(3)13-5-6-14-33/h5-12,15-17,34H,13-14,18H2,1-4H3,(H,36,43)(H,35,37,38,39). The maximum Gasteiger partial charge on any atom is 0.259 e. The van der Waals surface area contributed by atoms with Crippen LogP contribution in [-0.2, 0) is 18.4 Å². The molecule has 0 saturated carbocycles. The molecule has 10 heteroatoms. The third-order valence-electron chi connectivity index (χ3n) is 8.63. The summed E-state index contributed by atoms with van der Waals surface area (Å²) in [6.45, 7) is 6.30. The number of carbonyl (C=O) groups excluding carboxylic acids is 2. The molecule has 2 aromatic carbocycles. The molecule has 43 heavy (non-hydrogen) atoms. The molecule has 4 heterocycles. The van der Waals surface area contributed by atoms with Gasteiger partial charge < -0.3 is 20.5 Å². The lowest BCUT2D eigenvalue weighted by Crippen LogP contribution is -2.31. The van der Waals surface area contributed by atoms with E-state index in [1.54, 1.807) is 15.8 Å². The van der Waals surface area contributed by atoms with Crippen LogP contribution >= 0.6 is 0 Å². The second-order valence-corrected chi connectivity index (χ2v) is 11.7. The average Bonchev–Trinajstić information content (AvgIpc) is 3.77. The first-order valence-electron chi connectivity index (χ1n) is 14.3. The number of nitrogens with zero attached hydrogens (tertiary/aromatic N) is 5. The molecule has 0 spiro atoms. The van der Waals surface area contributed by atoms with Crippen molar-refractivity contribution in [3.05, 3.63) is 89.4 Å². The molecule has 216 valence electrons. The van der Waals surface area contributed by atoms with Crippen LogP contribution in [0.1, 0.15) is 46.9 Å². The molecule has 7 rings (SSSR count). The number of aryl methyl sites for hydroxylation is 3. The van der Waals surface area contributed by atoms with Crippen LogP contribution in [0.15, 0.2) is 67.0 Å². The molecule has 3 aromatic heterocycles. The summed E-state index contributed by atoms with van der Waals surface area (Å²) in [4.78, 5) is 41.4. The van der Waals surface area contributed by atoms with Crippen LogP contribution in [0.5, 0.6) is 0 Å². The van der Waals surface area contributed by atoms with Crippen molar-refractivity contribution in [2.75, 3.05) is 15.5 Å². The van der Waals surface area contributed by atoms with Gasteiger partial charge in [0.25, 0.3) is 5.91 Å². The van der Waals surface area contributed by atoms with Crippen LogP contribution in [0, 0.1) is 19.3 Å². The molecular formula is C33H32N8O2. The number of rotatable bonds is 6. The Morgan fingerprint density at radius 3 is 2.63 bits per heavy atom. The summed E-state index contributed by atoms with van der Waals surface area (Å²) in [7, 11) is 1.89. The van der Waals surface area contributed by atoms with E-state index in [1.165, 1.54) is 0 Å². The minimum absolute atomic E-state index is 0.0276. The fourth-order valence-corrected chi connectivity index (χ4v) is 5.94. The quantitative estimate of drug-likeness (QED) is 0.209. The fourth-order valence-electron chi connectivity index (χ4n) is 5.94. The highest BCUT2D eigenvalue weighted by atomic mass is 16.2. The third kappa shape index (κ3) is 4.46. The van der Waals surface area contributed by atoms with Gasteiger partial charge in [0.2, 0.25) is 11.9 Å². The van der Waals surface area contributed by atoms with Gasteiger partial charge in [-0.1, -0.05) is 37.3 Å². The number of anilines is 4. The number of H-pyrrole nitrogens is 1. The number of amides is 2. The number of aromatic nitrogens is 5. The molecule has 5 aromatic rings. The molecule has 2 amide bonds. The summed E-state index contributed by atoms with van der Waals surface area (Å²) in [5, 5.41) is 11.7. The Balaban J connectivity index is 1.20. The average molecular weight is 573 g/mol. The van der Waals surface area contributed by atoms with Crippen molar-refractivity contribution in [3.63, 3.8) is 0 Å². The van der Waals surface area contributed by atoms with Crippen LogP contribution in [0.4, 0.5) is 23.1 Å². The number of hydrogen-bond donors (Lipinski definition) is 3. The number of carbonyl (C=O) groups is 2. The van der Waals surface area contributed by atoms with Gasteiger partial charge >= 0.3 is 0 Å². The minimum Gasteiger partial charge on any atom is -0.359 e. The molecular weight excluding hydrogens is 540 g/mol. The number of benzene rings is 2. The Morgan fingerprint density at radius 2 is 1.86 bits per heavy atom. The Morgan fingerprint density at radius 1 is 1.07 bits per heavy atom. The normalized spacial score (nSPS) is 15.3. The molecule has 2 aliphatic rings. The zero-order chi connectivity index (χ0) is 29.9. The smallest absolute Gasteiger partial charge is 0.259 e. The van der Waals surface area contributed by atoms with E-state index in [0.29, 0.717) is 42.4 Å². The highest BCUT2D eigenvalue weighted by Gasteiger charge is 2.36. The summed E-state index contributed by atoms with van der Waals surface area (Å²) in [6, 6.07) is 13.4. The van der Waals surface area contributed by atoms with Crippen LogP contribution in [0.2, 0.25) is 0 Å². The van der Waals surface area contributed by atoms with Crippen LogP contribution in [0.25, 0.3) is 22.2 Å². The van der Waals surface area contributed by atoms with Gasteiger partial charge in [0, 0.05) is 59.0 Å². The lowest BCUT2D eigenvalue weighted by molar-refractivity contribution is -0.124. The van der Waals surface area contributed by atoms with Crippen molar-refractivity contribution in [1.29, 1.82) is 0 Å². The van der Waals surface area contributed by atoms with Crippen LogP contribution < -0.4 is 15.5 Å². The van der Waals surface area contributed by atoms with E-state index in [9.17, 15) is 9.59 Å². The molecule has 0 fully saturated rings. The number of nitrogens with one attached hydrogen (secondary N) is 3. The predicted octanol–water partition coefficient (Wildman–Crippen LogP) is 6.17. The molecule has 0 radical (unpaired) electrons. The lowest BCUT2D eigenvalue weighted by atomic mass is 9.87. The first-order chi connectivity index (χ1) is 20.7.